The molecule has 1 aliphatic rings. The third-order valence-corrected chi connectivity index (χ3v) is 6.13. The Morgan fingerprint density at radius 1 is 0.919 bits per heavy atom. The first kappa shape index (κ1) is 25.7. The number of anilines is 1. The number of fused-ring (bicyclic) bond motifs is 1. The predicted octanol–water partition coefficient (Wildman–Crippen LogP) is 7.04. The molecule has 7 nitrogen and oxygen atoms in total. The zero-order chi connectivity index (χ0) is 26.2. The number of amides is 1. The van der Waals surface area contributed by atoms with E-state index in [0.29, 0.717) is 17.1 Å². The quantitative estimate of drug-likeness (QED) is 0.306. The zero-order valence-electron chi connectivity index (χ0n) is 21.0. The van der Waals surface area contributed by atoms with Gasteiger partial charge in [-0.25, -0.2) is 4.79 Å². The van der Waals surface area contributed by atoms with E-state index in [-0.39, 0.29) is 6.61 Å². The maximum atomic E-state index is 12.4. The summed E-state index contributed by atoms with van der Waals surface area (Å²) >= 11 is 0. The smallest absolute Gasteiger partial charge is 0.412 e. The number of nitrogens with zero attached hydrogens (tertiary/aromatic N) is 1. The molecule has 0 aliphatic heterocycles. The lowest BCUT2D eigenvalue weighted by Gasteiger charge is -2.16. The summed E-state index contributed by atoms with van der Waals surface area (Å²) in [6, 6.07) is 24.5. The highest BCUT2D eigenvalue weighted by molar-refractivity contribution is 5.91. The molecule has 0 bridgehead atoms. The number of hydrogen-bond acceptors (Lipinski definition) is 5. The summed E-state index contributed by atoms with van der Waals surface area (Å²) in [5.74, 6) is -0.318. The highest BCUT2D eigenvalue weighted by Gasteiger charge is 2.18. The van der Waals surface area contributed by atoms with Gasteiger partial charge in [0.05, 0.1) is 0 Å². The average Bonchev–Trinajstić information content (AvgIpc) is 3.27. The fraction of sp³-hybridized carbons (Fsp3) is 0.233. The molecule has 0 atom stereocenters. The minimum Gasteiger partial charge on any atom is -0.481 e. The van der Waals surface area contributed by atoms with E-state index in [9.17, 15) is 4.79 Å². The highest BCUT2D eigenvalue weighted by Crippen LogP contribution is 2.33. The van der Waals surface area contributed by atoms with Crippen LogP contribution in [0.1, 0.15) is 42.1 Å². The fourth-order valence-corrected chi connectivity index (χ4v) is 4.30. The second-order valence-corrected chi connectivity index (χ2v) is 8.95. The van der Waals surface area contributed by atoms with Crippen molar-refractivity contribution in [1.82, 2.24) is 5.16 Å². The van der Waals surface area contributed by atoms with Gasteiger partial charge >= 0.3 is 6.09 Å². The zero-order valence-corrected chi connectivity index (χ0v) is 21.0. The Hall–Kier alpha value is -4.39. The Labute approximate surface area is 216 Å². The number of aryl methyl sites for hydroxylation is 3. The van der Waals surface area contributed by atoms with Gasteiger partial charge in [0.25, 0.3) is 5.97 Å². The number of rotatable bonds is 5. The third-order valence-electron chi connectivity index (χ3n) is 6.13. The first-order valence-electron chi connectivity index (χ1n) is 12.3. The number of hydrogen-bond donors (Lipinski definition) is 2. The Morgan fingerprint density at radius 2 is 1.54 bits per heavy atom. The molecule has 1 aromatic heterocycles. The lowest BCUT2D eigenvalue weighted by atomic mass is 9.89. The monoisotopic (exact) mass is 498 g/mol. The SMILES string of the molecule is CC(=O)O.Cc1noc(-c2ccc(-c3ccc4c(c3)CCCC4)cc2)c1NC(=O)OCc1ccccc1. The van der Waals surface area contributed by atoms with E-state index in [0.717, 1.165) is 30.0 Å². The second-order valence-electron chi connectivity index (χ2n) is 8.95. The summed E-state index contributed by atoms with van der Waals surface area (Å²) < 4.78 is 10.9. The van der Waals surface area contributed by atoms with Crippen LogP contribution in [0.4, 0.5) is 10.5 Å². The molecule has 0 spiro atoms. The molecule has 1 heterocycles. The van der Waals surface area contributed by atoms with Crippen LogP contribution in [0.15, 0.2) is 77.3 Å². The van der Waals surface area contributed by atoms with Gasteiger partial charge < -0.3 is 14.4 Å². The number of carboxylic acid groups (broad SMARTS) is 1. The molecule has 1 amide bonds. The molecule has 190 valence electrons. The summed E-state index contributed by atoms with van der Waals surface area (Å²) in [5, 5.41) is 14.3. The van der Waals surface area contributed by atoms with Gasteiger partial charge in [-0.2, -0.15) is 0 Å². The van der Waals surface area contributed by atoms with Crippen molar-refractivity contribution in [2.75, 3.05) is 5.32 Å². The molecule has 4 aromatic rings. The molecule has 2 N–H and O–H groups in total. The van der Waals surface area contributed by atoms with Crippen LogP contribution in [0.3, 0.4) is 0 Å². The largest absolute Gasteiger partial charge is 0.481 e. The minimum atomic E-state index is -0.833. The van der Waals surface area contributed by atoms with E-state index in [1.54, 1.807) is 6.92 Å². The van der Waals surface area contributed by atoms with Crippen molar-refractivity contribution in [2.45, 2.75) is 46.1 Å². The highest BCUT2D eigenvalue weighted by atomic mass is 16.5. The number of ether oxygens (including phenoxy) is 1. The number of carbonyl (C=O) groups is 2. The van der Waals surface area contributed by atoms with Gasteiger partial charge in [-0.05, 0) is 60.4 Å². The van der Waals surface area contributed by atoms with E-state index >= 15 is 0 Å². The third kappa shape index (κ3) is 6.85. The van der Waals surface area contributed by atoms with Crippen LogP contribution in [0.5, 0.6) is 0 Å². The number of aliphatic carboxylic acids is 1. The van der Waals surface area contributed by atoms with Crippen molar-refractivity contribution in [2.24, 2.45) is 0 Å². The lowest BCUT2D eigenvalue weighted by molar-refractivity contribution is -0.134. The van der Waals surface area contributed by atoms with Crippen LogP contribution >= 0.6 is 0 Å². The van der Waals surface area contributed by atoms with Crippen LogP contribution < -0.4 is 5.32 Å². The fourth-order valence-electron chi connectivity index (χ4n) is 4.30. The van der Waals surface area contributed by atoms with Crippen LogP contribution in [0, 0.1) is 6.92 Å². The standard InChI is InChI=1S/C28H26N2O3.C2H4O2/c1-19-26(29-28(31)32-18-20-7-3-2-4-8-20)27(33-30-19)23-14-11-22(12-15-23)25-16-13-21-9-5-6-10-24(21)17-25;1-2(3)4/h2-4,7-8,11-17H,5-6,9-10,18H2,1H3,(H,29,31);1H3,(H,3,4). The maximum absolute atomic E-state index is 12.4. The first-order valence-corrected chi connectivity index (χ1v) is 12.3. The molecule has 0 radical (unpaired) electrons. The van der Waals surface area contributed by atoms with Gasteiger partial charge in [0.1, 0.15) is 18.0 Å². The summed E-state index contributed by atoms with van der Waals surface area (Å²) in [4.78, 5) is 21.4. The molecular weight excluding hydrogens is 468 g/mol. The van der Waals surface area contributed by atoms with E-state index in [1.807, 2.05) is 42.5 Å². The van der Waals surface area contributed by atoms with Crippen molar-refractivity contribution < 1.29 is 24.0 Å². The van der Waals surface area contributed by atoms with Crippen molar-refractivity contribution >= 4 is 17.7 Å². The summed E-state index contributed by atoms with van der Waals surface area (Å²) in [6.45, 7) is 3.07. The number of carbonyl (C=O) groups excluding carboxylic acids is 1. The van der Waals surface area contributed by atoms with Gasteiger partial charge in [-0.1, -0.05) is 78.0 Å². The average molecular weight is 499 g/mol. The van der Waals surface area contributed by atoms with Gasteiger partial charge in [0, 0.05) is 12.5 Å². The summed E-state index contributed by atoms with van der Waals surface area (Å²) in [6.07, 6.45) is 4.35. The van der Waals surface area contributed by atoms with Crippen LogP contribution in [-0.2, 0) is 29.0 Å². The first-order chi connectivity index (χ1) is 17.9. The Morgan fingerprint density at radius 3 is 2.24 bits per heavy atom. The topological polar surface area (TPSA) is 102 Å². The van der Waals surface area contributed by atoms with E-state index in [4.69, 9.17) is 19.2 Å². The molecule has 0 saturated heterocycles. The molecule has 0 fully saturated rings. The Balaban J connectivity index is 0.000000747. The summed E-state index contributed by atoms with van der Waals surface area (Å²) in [5.41, 5.74) is 8.21. The lowest BCUT2D eigenvalue weighted by Crippen LogP contribution is -2.14. The predicted molar refractivity (Wildman–Crippen MR) is 142 cm³/mol. The molecule has 37 heavy (non-hydrogen) atoms. The maximum Gasteiger partial charge on any atom is 0.412 e. The number of nitrogens with one attached hydrogen (secondary N) is 1. The van der Waals surface area contributed by atoms with Crippen molar-refractivity contribution in [3.8, 4) is 22.5 Å². The molecule has 7 heteroatoms. The Bertz CT molecular complexity index is 1360. The van der Waals surface area contributed by atoms with Crippen LogP contribution in [-0.4, -0.2) is 22.3 Å². The number of carboxylic acids is 1. The van der Waals surface area contributed by atoms with E-state index < -0.39 is 12.1 Å². The number of benzene rings is 3. The van der Waals surface area contributed by atoms with E-state index in [2.05, 4.69) is 40.8 Å². The molecule has 1 aliphatic carbocycles. The minimum absolute atomic E-state index is 0.196. The normalized spacial score (nSPS) is 12.1. The van der Waals surface area contributed by atoms with Gasteiger partial charge in [-0.3, -0.25) is 10.1 Å². The van der Waals surface area contributed by atoms with Crippen molar-refractivity contribution in [1.29, 1.82) is 0 Å². The molecule has 5 rings (SSSR count). The van der Waals surface area contributed by atoms with E-state index in [1.165, 1.54) is 36.0 Å². The van der Waals surface area contributed by atoms with Crippen molar-refractivity contribution in [3.05, 3.63) is 95.2 Å². The van der Waals surface area contributed by atoms with Gasteiger partial charge in [0.15, 0.2) is 5.76 Å². The summed E-state index contributed by atoms with van der Waals surface area (Å²) in [7, 11) is 0. The van der Waals surface area contributed by atoms with Crippen molar-refractivity contribution in [3.63, 3.8) is 0 Å². The van der Waals surface area contributed by atoms with Crippen LogP contribution in [0.2, 0.25) is 0 Å². The second kappa shape index (κ2) is 12.0. The molecule has 3 aromatic carbocycles. The Kier molecular flexibility index (Phi) is 8.36. The van der Waals surface area contributed by atoms with Gasteiger partial charge in [-0.15, -0.1) is 0 Å². The van der Waals surface area contributed by atoms with Crippen LogP contribution in [0.25, 0.3) is 22.5 Å². The molecule has 0 saturated carbocycles. The van der Waals surface area contributed by atoms with Gasteiger partial charge in [0.2, 0.25) is 0 Å². The number of aromatic nitrogens is 1. The molecule has 0 unspecified atom stereocenters. The molecular formula is C30H30N2O5.